The minimum atomic E-state index is -4.34. The number of aryl methyl sites for hydroxylation is 1. The Morgan fingerprint density at radius 1 is 1.00 bits per heavy atom. The third kappa shape index (κ3) is 6.06. The molecule has 0 spiro atoms. The Labute approximate surface area is 218 Å². The van der Waals surface area contributed by atoms with Gasteiger partial charge >= 0.3 is 6.18 Å². The molecule has 1 aliphatic heterocycles. The number of benzene rings is 2. The van der Waals surface area contributed by atoms with E-state index in [4.69, 9.17) is 9.56 Å². The number of primary sulfonamides is 1. The van der Waals surface area contributed by atoms with Crippen LogP contribution in [-0.4, -0.2) is 51.0 Å². The maximum Gasteiger partial charge on any atom is 0.416 e. The molecular weight excluding hydrogens is 529 g/mol. The second kappa shape index (κ2) is 10.6. The lowest BCUT2D eigenvalue weighted by Crippen LogP contribution is -2.46. The number of nitrogens with two attached hydrogens (primary N) is 1. The first-order valence-corrected chi connectivity index (χ1v) is 13.3. The lowest BCUT2D eigenvalue weighted by Gasteiger charge is -2.36. The Bertz CT molecular complexity index is 1490. The van der Waals surface area contributed by atoms with Crippen molar-refractivity contribution in [3.8, 4) is 0 Å². The van der Waals surface area contributed by atoms with E-state index in [1.807, 2.05) is 18.3 Å². The van der Waals surface area contributed by atoms with Crippen molar-refractivity contribution in [3.63, 3.8) is 0 Å². The summed E-state index contributed by atoms with van der Waals surface area (Å²) in [5, 5.41) is 6.25. The van der Waals surface area contributed by atoms with E-state index in [-0.39, 0.29) is 17.5 Å². The zero-order valence-electron chi connectivity index (χ0n) is 19.9. The highest BCUT2D eigenvalue weighted by Gasteiger charge is 2.30. The first kappa shape index (κ1) is 27.3. The van der Waals surface area contributed by atoms with E-state index in [2.05, 4.69) is 14.8 Å². The maximum atomic E-state index is 13.1. The molecule has 1 saturated heterocycles. The number of fused-ring (bicyclic) bond motifs is 2. The van der Waals surface area contributed by atoms with Crippen molar-refractivity contribution >= 4 is 50.0 Å². The maximum absolute atomic E-state index is 13.1. The van der Waals surface area contributed by atoms with Gasteiger partial charge in [0.1, 0.15) is 5.58 Å². The summed E-state index contributed by atoms with van der Waals surface area (Å²) in [6.07, 6.45) is 0.0535. The van der Waals surface area contributed by atoms with E-state index in [0.717, 1.165) is 74.8 Å². The summed E-state index contributed by atoms with van der Waals surface area (Å²) >= 11 is 0. The number of unbranched alkanes of at least 4 members (excludes halogenated alkanes) is 1. The fraction of sp³-hybridized carbons (Fsp3) is 0.360. The first-order valence-electron chi connectivity index (χ1n) is 11.8. The van der Waals surface area contributed by atoms with E-state index in [1.165, 1.54) is 18.2 Å². The van der Waals surface area contributed by atoms with Gasteiger partial charge in [-0.2, -0.15) is 13.2 Å². The number of sulfonamides is 1. The smallest absolute Gasteiger partial charge is 0.416 e. The lowest BCUT2D eigenvalue weighted by molar-refractivity contribution is -0.137. The van der Waals surface area contributed by atoms with Crippen molar-refractivity contribution < 1.29 is 26.0 Å². The Balaban J connectivity index is 0.00000320. The molecule has 3 heterocycles. The lowest BCUT2D eigenvalue weighted by atomic mass is 10.0. The van der Waals surface area contributed by atoms with Gasteiger partial charge in [-0.15, -0.1) is 12.4 Å². The molecule has 0 unspecified atom stereocenters. The second-order valence-electron chi connectivity index (χ2n) is 9.19. The van der Waals surface area contributed by atoms with Crippen molar-refractivity contribution in [1.29, 1.82) is 0 Å². The molecule has 0 aliphatic carbocycles. The molecule has 2 aromatic heterocycles. The van der Waals surface area contributed by atoms with Crippen molar-refractivity contribution in [2.75, 3.05) is 37.6 Å². The molecule has 0 saturated carbocycles. The summed E-state index contributed by atoms with van der Waals surface area (Å²) in [5.41, 5.74) is 2.50. The number of rotatable bonds is 7. The van der Waals surface area contributed by atoms with Crippen LogP contribution >= 0.6 is 12.4 Å². The van der Waals surface area contributed by atoms with Crippen molar-refractivity contribution in [2.24, 2.45) is 5.14 Å². The van der Waals surface area contributed by atoms with Crippen LogP contribution in [0.15, 0.2) is 58.2 Å². The zero-order valence-corrected chi connectivity index (χ0v) is 21.6. The number of anilines is 1. The quantitative estimate of drug-likeness (QED) is 0.307. The number of aromatic amines is 1. The number of furan rings is 1. The van der Waals surface area contributed by atoms with Crippen LogP contribution < -0.4 is 10.0 Å². The summed E-state index contributed by atoms with van der Waals surface area (Å²) in [7, 11) is -3.89. The van der Waals surface area contributed by atoms with E-state index in [0.29, 0.717) is 16.4 Å². The monoisotopic (exact) mass is 556 g/mol. The highest BCUT2D eigenvalue weighted by atomic mass is 35.5. The highest BCUT2D eigenvalue weighted by molar-refractivity contribution is 7.89. The van der Waals surface area contributed by atoms with Gasteiger partial charge in [-0.25, -0.2) is 13.6 Å². The third-order valence-electron chi connectivity index (χ3n) is 6.76. The molecule has 12 heteroatoms. The number of aromatic nitrogens is 1. The van der Waals surface area contributed by atoms with Gasteiger partial charge in [0.25, 0.3) is 10.0 Å². The van der Waals surface area contributed by atoms with E-state index < -0.39 is 21.8 Å². The Morgan fingerprint density at radius 2 is 1.76 bits per heavy atom. The molecule has 0 bridgehead atoms. The topological polar surface area (TPSA) is 95.6 Å². The van der Waals surface area contributed by atoms with Gasteiger partial charge in [0.15, 0.2) is 0 Å². The number of alkyl halides is 3. The van der Waals surface area contributed by atoms with Gasteiger partial charge < -0.3 is 14.3 Å². The summed E-state index contributed by atoms with van der Waals surface area (Å²) < 4.78 is 67.6. The average Bonchev–Trinajstić information content (AvgIpc) is 3.45. The molecule has 5 rings (SSSR count). The fourth-order valence-corrected chi connectivity index (χ4v) is 5.28. The Hall–Kier alpha value is -2.73. The van der Waals surface area contributed by atoms with Crippen molar-refractivity contribution in [3.05, 3.63) is 59.8 Å². The number of nitrogens with zero attached hydrogens (tertiary/aromatic N) is 2. The number of piperazine rings is 1. The molecule has 1 aliphatic rings. The van der Waals surface area contributed by atoms with Gasteiger partial charge in [-0.05, 0) is 67.8 Å². The molecule has 1 fully saturated rings. The van der Waals surface area contributed by atoms with Crippen LogP contribution in [0.4, 0.5) is 18.9 Å². The summed E-state index contributed by atoms with van der Waals surface area (Å²) in [6.45, 7) is 4.41. The van der Waals surface area contributed by atoms with Crippen LogP contribution in [0.25, 0.3) is 21.9 Å². The third-order valence-corrected chi connectivity index (χ3v) is 7.52. The molecule has 0 amide bonds. The van der Waals surface area contributed by atoms with Crippen LogP contribution in [0.1, 0.15) is 24.0 Å². The van der Waals surface area contributed by atoms with Gasteiger partial charge in [0.05, 0.1) is 5.56 Å². The van der Waals surface area contributed by atoms with Crippen LogP contribution in [0.3, 0.4) is 0 Å². The number of nitrogens with one attached hydrogen (secondary N) is 1. The molecular formula is C25H28ClF3N4O3S. The van der Waals surface area contributed by atoms with Crippen molar-refractivity contribution in [1.82, 2.24) is 9.88 Å². The largest absolute Gasteiger partial charge is 0.443 e. The van der Waals surface area contributed by atoms with Crippen LogP contribution in [0, 0.1) is 0 Å². The molecule has 3 N–H and O–H groups in total. The fourth-order valence-electron chi connectivity index (χ4n) is 4.79. The predicted octanol–water partition coefficient (Wildman–Crippen LogP) is 5.15. The van der Waals surface area contributed by atoms with Crippen LogP contribution in [0.2, 0.25) is 0 Å². The highest BCUT2D eigenvalue weighted by Crippen LogP contribution is 2.33. The minimum Gasteiger partial charge on any atom is -0.443 e. The standard InChI is InChI=1S/C25H27F3N4O3S.ClH/c26-25(27,28)19-4-6-22-21(15-19)17(16-30-22)3-1-2-8-31-9-11-32(12-10-31)20-5-7-23-18(13-20)14-24(35-23)36(29,33)34;/h4-7,13-16,30H,1-3,8-12H2,(H2,29,33,34);1H. The molecule has 200 valence electrons. The molecule has 2 aromatic carbocycles. The van der Waals surface area contributed by atoms with Gasteiger partial charge in [-0.1, -0.05) is 0 Å². The SMILES string of the molecule is Cl.NS(=O)(=O)c1cc2cc(N3CCN(CCCCc4c[nH]c5ccc(C(F)(F)F)cc45)CC3)ccc2o1. The summed E-state index contributed by atoms with van der Waals surface area (Å²) in [4.78, 5) is 7.72. The molecule has 37 heavy (non-hydrogen) atoms. The summed E-state index contributed by atoms with van der Waals surface area (Å²) in [5.74, 6) is 0. The predicted molar refractivity (Wildman–Crippen MR) is 140 cm³/mol. The first-order chi connectivity index (χ1) is 17.1. The molecule has 0 atom stereocenters. The summed E-state index contributed by atoms with van der Waals surface area (Å²) in [6, 6.07) is 10.9. The molecule has 0 radical (unpaired) electrons. The van der Waals surface area contributed by atoms with Crippen LogP contribution in [-0.2, 0) is 22.6 Å². The van der Waals surface area contributed by atoms with Gasteiger partial charge in [0.2, 0.25) is 5.09 Å². The van der Waals surface area contributed by atoms with E-state index in [9.17, 15) is 21.6 Å². The van der Waals surface area contributed by atoms with Crippen LogP contribution in [0.5, 0.6) is 0 Å². The number of halogens is 4. The average molecular weight is 557 g/mol. The number of hydrogen-bond acceptors (Lipinski definition) is 5. The van der Waals surface area contributed by atoms with Gasteiger partial charge in [0, 0.05) is 60.4 Å². The Kier molecular flexibility index (Phi) is 7.80. The van der Waals surface area contributed by atoms with Gasteiger partial charge in [-0.3, -0.25) is 4.90 Å². The van der Waals surface area contributed by atoms with Crippen molar-refractivity contribution in [2.45, 2.75) is 30.5 Å². The Morgan fingerprint density at radius 3 is 2.46 bits per heavy atom. The van der Waals surface area contributed by atoms with E-state index in [1.54, 1.807) is 6.07 Å². The second-order valence-corrected chi connectivity index (χ2v) is 10.7. The van der Waals surface area contributed by atoms with E-state index >= 15 is 0 Å². The molecule has 7 nitrogen and oxygen atoms in total. The number of H-pyrrole nitrogens is 1. The minimum absolute atomic E-state index is 0. The number of hydrogen-bond donors (Lipinski definition) is 2. The zero-order chi connectivity index (χ0) is 25.5. The molecule has 4 aromatic rings. The normalized spacial score (nSPS) is 15.4.